The Hall–Kier alpha value is -1.87. The molecule has 0 N–H and O–H groups in total. The van der Waals surface area contributed by atoms with E-state index in [4.69, 9.17) is 16.3 Å². The van der Waals surface area contributed by atoms with Crippen LogP contribution in [0.25, 0.3) is 0 Å². The molecule has 1 unspecified atom stereocenters. The summed E-state index contributed by atoms with van der Waals surface area (Å²) in [4.78, 5) is 15.6. The molecule has 0 spiro atoms. The Labute approximate surface area is 117 Å². The molecule has 98 valence electrons. The van der Waals surface area contributed by atoms with E-state index in [1.165, 1.54) is 0 Å². The molecule has 19 heavy (non-hydrogen) atoms. The van der Waals surface area contributed by atoms with Gasteiger partial charge in [-0.1, -0.05) is 12.1 Å². The monoisotopic (exact) mass is 275 g/mol. The molecule has 1 atom stereocenters. The topological polar surface area (TPSA) is 39.2 Å². The molecule has 0 saturated carbocycles. The lowest BCUT2D eigenvalue weighted by Gasteiger charge is -2.13. The predicted molar refractivity (Wildman–Crippen MR) is 74.5 cm³/mol. The molecule has 1 heterocycles. The Morgan fingerprint density at radius 3 is 2.37 bits per heavy atom. The average molecular weight is 276 g/mol. The first-order valence-corrected chi connectivity index (χ1v) is 6.30. The van der Waals surface area contributed by atoms with Gasteiger partial charge in [0.05, 0.1) is 13.0 Å². The average Bonchev–Trinajstić information content (AvgIpc) is 2.46. The lowest BCUT2D eigenvalue weighted by molar-refractivity contribution is -0.113. The first-order chi connectivity index (χ1) is 9.20. The van der Waals surface area contributed by atoms with Crippen LogP contribution in [0.5, 0.6) is 5.75 Å². The molecule has 2 rings (SSSR count). The van der Waals surface area contributed by atoms with E-state index in [0.29, 0.717) is 6.42 Å². The van der Waals surface area contributed by atoms with Gasteiger partial charge in [-0.2, -0.15) is 0 Å². The molecule has 3 nitrogen and oxygen atoms in total. The summed E-state index contributed by atoms with van der Waals surface area (Å²) in [5.41, 5.74) is 1.92. The number of hydrogen-bond donors (Lipinski definition) is 0. The van der Waals surface area contributed by atoms with E-state index in [0.717, 1.165) is 16.9 Å². The van der Waals surface area contributed by atoms with Crippen LogP contribution in [0, 0.1) is 0 Å². The number of nitrogens with zero attached hydrogens (tertiary/aromatic N) is 1. The largest absolute Gasteiger partial charge is 0.497 e. The third-order valence-corrected chi connectivity index (χ3v) is 3.24. The lowest BCUT2D eigenvalue weighted by Crippen LogP contribution is -2.10. The van der Waals surface area contributed by atoms with Crippen molar-refractivity contribution >= 4 is 16.8 Å². The molecular formula is C15H14ClNO2. The van der Waals surface area contributed by atoms with Crippen LogP contribution < -0.4 is 4.74 Å². The molecule has 0 aliphatic carbocycles. The van der Waals surface area contributed by atoms with E-state index < -0.39 is 0 Å². The van der Waals surface area contributed by atoms with Gasteiger partial charge in [0.1, 0.15) is 5.75 Å². The third kappa shape index (κ3) is 3.55. The number of aromatic nitrogens is 1. The molecule has 0 fully saturated rings. The van der Waals surface area contributed by atoms with Gasteiger partial charge in [-0.3, -0.25) is 9.78 Å². The highest BCUT2D eigenvalue weighted by atomic mass is 35.5. The van der Waals surface area contributed by atoms with Crippen molar-refractivity contribution in [3.05, 3.63) is 59.9 Å². The standard InChI is InChI=1S/C15H14ClNO2/c1-19-13-4-2-12(3-5-13)14(15(16)18)10-11-6-8-17-9-7-11/h2-9,14H,10H2,1H3. The van der Waals surface area contributed by atoms with Gasteiger partial charge in [0.25, 0.3) is 0 Å². The van der Waals surface area contributed by atoms with Gasteiger partial charge in [-0.15, -0.1) is 0 Å². The van der Waals surface area contributed by atoms with E-state index in [1.54, 1.807) is 19.5 Å². The highest BCUT2D eigenvalue weighted by molar-refractivity contribution is 6.64. The highest BCUT2D eigenvalue weighted by Gasteiger charge is 2.19. The second-order valence-electron chi connectivity index (χ2n) is 4.19. The summed E-state index contributed by atoms with van der Waals surface area (Å²) in [6.45, 7) is 0. The van der Waals surface area contributed by atoms with Gasteiger partial charge in [-0.05, 0) is 53.4 Å². The van der Waals surface area contributed by atoms with Crippen molar-refractivity contribution in [3.63, 3.8) is 0 Å². The van der Waals surface area contributed by atoms with Crippen LogP contribution in [0.3, 0.4) is 0 Å². The number of halogens is 1. The number of rotatable bonds is 5. The van der Waals surface area contributed by atoms with Gasteiger partial charge >= 0.3 is 0 Å². The molecular weight excluding hydrogens is 262 g/mol. The second kappa shape index (κ2) is 6.34. The van der Waals surface area contributed by atoms with Crippen LogP contribution >= 0.6 is 11.6 Å². The molecule has 2 aromatic rings. The first-order valence-electron chi connectivity index (χ1n) is 5.93. The van der Waals surface area contributed by atoms with Gasteiger partial charge in [0.2, 0.25) is 5.24 Å². The van der Waals surface area contributed by atoms with Gasteiger partial charge in [-0.25, -0.2) is 0 Å². The molecule has 0 aliphatic heterocycles. The molecule has 0 amide bonds. The minimum absolute atomic E-state index is 0.352. The minimum atomic E-state index is -0.359. The molecule has 1 aromatic heterocycles. The van der Waals surface area contributed by atoms with Crippen LogP contribution in [-0.2, 0) is 11.2 Å². The van der Waals surface area contributed by atoms with E-state index in [9.17, 15) is 4.79 Å². The van der Waals surface area contributed by atoms with Crippen molar-refractivity contribution < 1.29 is 9.53 Å². The zero-order valence-electron chi connectivity index (χ0n) is 10.5. The Morgan fingerprint density at radius 1 is 1.21 bits per heavy atom. The number of carbonyl (C=O) groups excluding carboxylic acids is 1. The maximum atomic E-state index is 11.6. The SMILES string of the molecule is COc1ccc(C(Cc2ccncc2)C(=O)Cl)cc1. The summed E-state index contributed by atoms with van der Waals surface area (Å²) in [6, 6.07) is 11.2. The van der Waals surface area contributed by atoms with Crippen molar-refractivity contribution in [2.24, 2.45) is 0 Å². The van der Waals surface area contributed by atoms with Crippen molar-refractivity contribution in [2.45, 2.75) is 12.3 Å². The van der Waals surface area contributed by atoms with E-state index >= 15 is 0 Å². The number of ether oxygens (including phenoxy) is 1. The van der Waals surface area contributed by atoms with E-state index in [-0.39, 0.29) is 11.2 Å². The van der Waals surface area contributed by atoms with Crippen LogP contribution in [0.15, 0.2) is 48.8 Å². The zero-order valence-corrected chi connectivity index (χ0v) is 11.3. The van der Waals surface area contributed by atoms with Crippen molar-refractivity contribution in [2.75, 3.05) is 7.11 Å². The Kier molecular flexibility index (Phi) is 4.53. The lowest BCUT2D eigenvalue weighted by atomic mass is 9.93. The quantitative estimate of drug-likeness (QED) is 0.787. The van der Waals surface area contributed by atoms with E-state index in [1.807, 2.05) is 36.4 Å². The summed E-state index contributed by atoms with van der Waals surface area (Å²) in [5, 5.41) is -0.359. The van der Waals surface area contributed by atoms with Gasteiger partial charge < -0.3 is 4.74 Å². The van der Waals surface area contributed by atoms with Crippen molar-refractivity contribution in [3.8, 4) is 5.75 Å². The summed E-state index contributed by atoms with van der Waals surface area (Å²) in [5.74, 6) is 0.406. The molecule has 0 aliphatic rings. The third-order valence-electron chi connectivity index (χ3n) is 2.98. The maximum absolute atomic E-state index is 11.6. The van der Waals surface area contributed by atoms with Gasteiger partial charge in [0.15, 0.2) is 0 Å². The fourth-order valence-corrected chi connectivity index (χ4v) is 2.12. The van der Waals surface area contributed by atoms with Crippen LogP contribution in [0.1, 0.15) is 17.0 Å². The molecule has 1 aromatic carbocycles. The van der Waals surface area contributed by atoms with Crippen molar-refractivity contribution in [1.82, 2.24) is 4.98 Å². The highest BCUT2D eigenvalue weighted by Crippen LogP contribution is 2.25. The first kappa shape index (κ1) is 13.6. The smallest absolute Gasteiger partial charge is 0.229 e. The van der Waals surface area contributed by atoms with Crippen molar-refractivity contribution in [1.29, 1.82) is 0 Å². The molecule has 0 bridgehead atoms. The molecule has 0 radical (unpaired) electrons. The number of pyridine rings is 1. The number of carbonyl (C=O) groups is 1. The van der Waals surface area contributed by atoms with Crippen LogP contribution in [0.2, 0.25) is 0 Å². The summed E-state index contributed by atoms with van der Waals surface area (Å²) < 4.78 is 5.10. The normalized spacial score (nSPS) is 11.9. The fourth-order valence-electron chi connectivity index (χ4n) is 1.92. The molecule has 4 heteroatoms. The van der Waals surface area contributed by atoms with E-state index in [2.05, 4.69) is 4.98 Å². The Bertz CT molecular complexity index is 540. The number of benzene rings is 1. The van der Waals surface area contributed by atoms with Gasteiger partial charge in [0, 0.05) is 12.4 Å². The summed E-state index contributed by atoms with van der Waals surface area (Å²) in [6.07, 6.45) is 3.98. The summed E-state index contributed by atoms with van der Waals surface area (Å²) in [7, 11) is 1.61. The number of methoxy groups -OCH3 is 1. The van der Waals surface area contributed by atoms with Crippen LogP contribution in [0.4, 0.5) is 0 Å². The molecule has 0 saturated heterocycles. The second-order valence-corrected chi connectivity index (χ2v) is 4.56. The summed E-state index contributed by atoms with van der Waals surface area (Å²) >= 11 is 5.72. The van der Waals surface area contributed by atoms with Crippen LogP contribution in [-0.4, -0.2) is 17.3 Å². The Balaban J connectivity index is 2.22. The zero-order chi connectivity index (χ0) is 13.7. The maximum Gasteiger partial charge on any atom is 0.229 e. The fraction of sp³-hybridized carbons (Fsp3) is 0.200. The predicted octanol–water partition coefficient (Wildman–Crippen LogP) is 3.18. The number of hydrogen-bond acceptors (Lipinski definition) is 3. The Morgan fingerprint density at radius 2 is 1.84 bits per heavy atom. The minimum Gasteiger partial charge on any atom is -0.497 e.